The first-order chi connectivity index (χ1) is 9.45. The standard InChI is InChI=1S/C13H11F3N2O2/c1-2-20-12(19)10-8-17-18(13(14,15)16)11(10)9-6-4-3-5-7-9/h3-8H,2H2,1H3. The summed E-state index contributed by atoms with van der Waals surface area (Å²) in [7, 11) is 0. The summed E-state index contributed by atoms with van der Waals surface area (Å²) in [4.78, 5) is 11.7. The lowest BCUT2D eigenvalue weighted by molar-refractivity contribution is -0.211. The SMILES string of the molecule is CCOC(=O)c1cnn(C(F)(F)F)c1-c1ccccc1. The molecule has 106 valence electrons. The Hall–Kier alpha value is -2.31. The van der Waals surface area contributed by atoms with Gasteiger partial charge >= 0.3 is 12.3 Å². The van der Waals surface area contributed by atoms with E-state index in [1.165, 1.54) is 12.1 Å². The van der Waals surface area contributed by atoms with Crippen molar-refractivity contribution >= 4 is 5.97 Å². The van der Waals surface area contributed by atoms with E-state index in [1.807, 2.05) is 0 Å². The van der Waals surface area contributed by atoms with E-state index in [-0.39, 0.29) is 28.1 Å². The van der Waals surface area contributed by atoms with Crippen molar-refractivity contribution in [3.05, 3.63) is 42.1 Å². The average Bonchev–Trinajstić information content (AvgIpc) is 2.84. The normalized spacial score (nSPS) is 11.4. The predicted molar refractivity (Wildman–Crippen MR) is 64.9 cm³/mol. The van der Waals surface area contributed by atoms with E-state index in [9.17, 15) is 18.0 Å². The van der Waals surface area contributed by atoms with Crippen molar-refractivity contribution < 1.29 is 22.7 Å². The molecule has 7 heteroatoms. The Labute approximate surface area is 112 Å². The second-order valence-corrected chi connectivity index (χ2v) is 3.87. The van der Waals surface area contributed by atoms with Crippen LogP contribution < -0.4 is 0 Å². The van der Waals surface area contributed by atoms with Gasteiger partial charge in [0.15, 0.2) is 0 Å². The molecule has 0 saturated carbocycles. The van der Waals surface area contributed by atoms with Crippen LogP contribution in [0, 0.1) is 0 Å². The lowest BCUT2D eigenvalue weighted by atomic mass is 10.1. The molecule has 1 aromatic heterocycles. The molecule has 0 N–H and O–H groups in total. The van der Waals surface area contributed by atoms with Gasteiger partial charge in [-0.1, -0.05) is 30.3 Å². The Morgan fingerprint density at radius 3 is 2.50 bits per heavy atom. The van der Waals surface area contributed by atoms with Gasteiger partial charge in [-0.05, 0) is 6.92 Å². The number of aromatic nitrogens is 2. The van der Waals surface area contributed by atoms with Crippen LogP contribution in [-0.2, 0) is 11.0 Å². The number of carbonyl (C=O) groups is 1. The van der Waals surface area contributed by atoms with Crippen LogP contribution in [0.1, 0.15) is 17.3 Å². The number of rotatable bonds is 3. The second-order valence-electron chi connectivity index (χ2n) is 3.87. The van der Waals surface area contributed by atoms with Gasteiger partial charge in [-0.15, -0.1) is 13.2 Å². The highest BCUT2D eigenvalue weighted by molar-refractivity contribution is 5.96. The highest BCUT2D eigenvalue weighted by Crippen LogP contribution is 2.32. The zero-order valence-corrected chi connectivity index (χ0v) is 10.5. The number of hydrogen-bond donors (Lipinski definition) is 0. The molecule has 1 aromatic carbocycles. The van der Waals surface area contributed by atoms with Crippen molar-refractivity contribution in [3.8, 4) is 11.3 Å². The van der Waals surface area contributed by atoms with Gasteiger partial charge in [0, 0.05) is 5.56 Å². The number of esters is 1. The molecule has 0 aliphatic rings. The highest BCUT2D eigenvalue weighted by atomic mass is 19.4. The minimum Gasteiger partial charge on any atom is -0.462 e. The van der Waals surface area contributed by atoms with Crippen molar-refractivity contribution in [3.63, 3.8) is 0 Å². The monoisotopic (exact) mass is 284 g/mol. The van der Waals surface area contributed by atoms with E-state index in [1.54, 1.807) is 25.1 Å². The fourth-order valence-corrected chi connectivity index (χ4v) is 1.77. The third kappa shape index (κ3) is 2.66. The number of carbonyl (C=O) groups excluding carboxylic acids is 1. The first-order valence-electron chi connectivity index (χ1n) is 5.83. The minimum absolute atomic E-state index is 0.0737. The van der Waals surface area contributed by atoms with E-state index < -0.39 is 12.3 Å². The van der Waals surface area contributed by atoms with Gasteiger partial charge in [0.1, 0.15) is 5.56 Å². The highest BCUT2D eigenvalue weighted by Gasteiger charge is 2.37. The number of benzene rings is 1. The van der Waals surface area contributed by atoms with Crippen LogP contribution in [-0.4, -0.2) is 22.4 Å². The van der Waals surface area contributed by atoms with Crippen LogP contribution in [0.15, 0.2) is 36.5 Å². The Kier molecular flexibility index (Phi) is 3.78. The van der Waals surface area contributed by atoms with Crippen LogP contribution in [0.2, 0.25) is 0 Å². The third-order valence-corrected chi connectivity index (χ3v) is 2.55. The zero-order valence-electron chi connectivity index (χ0n) is 10.5. The maximum absolute atomic E-state index is 12.9. The summed E-state index contributed by atoms with van der Waals surface area (Å²) in [6.45, 7) is 1.65. The summed E-state index contributed by atoms with van der Waals surface area (Å²) in [5.41, 5.74) is -0.294. The van der Waals surface area contributed by atoms with Crippen LogP contribution in [0.3, 0.4) is 0 Å². The van der Waals surface area contributed by atoms with Gasteiger partial charge in [-0.2, -0.15) is 9.78 Å². The Morgan fingerprint density at radius 2 is 1.95 bits per heavy atom. The molecule has 0 unspecified atom stereocenters. The average molecular weight is 284 g/mol. The van der Waals surface area contributed by atoms with Gasteiger partial charge in [0.25, 0.3) is 0 Å². The van der Waals surface area contributed by atoms with Crippen molar-refractivity contribution in [2.24, 2.45) is 0 Å². The number of hydrogen-bond acceptors (Lipinski definition) is 3. The van der Waals surface area contributed by atoms with Crippen molar-refractivity contribution in [1.82, 2.24) is 9.78 Å². The van der Waals surface area contributed by atoms with Gasteiger partial charge < -0.3 is 4.74 Å². The molecule has 0 radical (unpaired) electrons. The van der Waals surface area contributed by atoms with E-state index in [2.05, 4.69) is 5.10 Å². The predicted octanol–water partition coefficient (Wildman–Crippen LogP) is 3.20. The molecule has 0 spiro atoms. The first-order valence-corrected chi connectivity index (χ1v) is 5.83. The molecule has 0 amide bonds. The van der Waals surface area contributed by atoms with Gasteiger partial charge in [-0.25, -0.2) is 4.79 Å². The summed E-state index contributed by atoms with van der Waals surface area (Å²) in [5.74, 6) is -0.832. The molecule has 0 atom stereocenters. The van der Waals surface area contributed by atoms with Gasteiger partial charge in [-0.3, -0.25) is 0 Å². The van der Waals surface area contributed by atoms with E-state index in [4.69, 9.17) is 4.74 Å². The smallest absolute Gasteiger partial charge is 0.462 e. The van der Waals surface area contributed by atoms with E-state index in [0.29, 0.717) is 0 Å². The van der Waals surface area contributed by atoms with Crippen LogP contribution >= 0.6 is 0 Å². The van der Waals surface area contributed by atoms with Crippen molar-refractivity contribution in [1.29, 1.82) is 0 Å². The minimum atomic E-state index is -4.71. The van der Waals surface area contributed by atoms with E-state index >= 15 is 0 Å². The summed E-state index contributed by atoms with van der Waals surface area (Å²) < 4.78 is 43.5. The van der Waals surface area contributed by atoms with Crippen LogP contribution in [0.4, 0.5) is 13.2 Å². The zero-order chi connectivity index (χ0) is 14.8. The molecule has 0 fully saturated rings. The van der Waals surface area contributed by atoms with Crippen LogP contribution in [0.5, 0.6) is 0 Å². The number of nitrogens with zero attached hydrogens (tertiary/aromatic N) is 2. The summed E-state index contributed by atoms with van der Waals surface area (Å²) in [6.07, 6.45) is -3.84. The summed E-state index contributed by atoms with van der Waals surface area (Å²) in [5, 5.41) is 3.26. The fourth-order valence-electron chi connectivity index (χ4n) is 1.77. The van der Waals surface area contributed by atoms with Gasteiger partial charge in [0.2, 0.25) is 0 Å². The van der Waals surface area contributed by atoms with Crippen molar-refractivity contribution in [2.75, 3.05) is 6.61 Å². The maximum Gasteiger partial charge on any atom is 0.505 e. The Balaban J connectivity index is 2.61. The Bertz CT molecular complexity index is 606. The molecule has 0 bridgehead atoms. The van der Waals surface area contributed by atoms with E-state index in [0.717, 1.165) is 6.20 Å². The molecule has 2 rings (SSSR count). The molecule has 4 nitrogen and oxygen atoms in total. The largest absolute Gasteiger partial charge is 0.505 e. The van der Waals surface area contributed by atoms with Crippen LogP contribution in [0.25, 0.3) is 11.3 Å². The maximum atomic E-state index is 12.9. The lowest BCUT2D eigenvalue weighted by Gasteiger charge is -2.12. The molecule has 20 heavy (non-hydrogen) atoms. The molecule has 1 heterocycles. The van der Waals surface area contributed by atoms with Gasteiger partial charge in [0.05, 0.1) is 18.5 Å². The second kappa shape index (κ2) is 5.36. The lowest BCUT2D eigenvalue weighted by Crippen LogP contribution is -2.20. The Morgan fingerprint density at radius 1 is 1.30 bits per heavy atom. The molecule has 0 saturated heterocycles. The molecule has 0 aliphatic carbocycles. The summed E-state index contributed by atoms with van der Waals surface area (Å²) >= 11 is 0. The quantitative estimate of drug-likeness (QED) is 0.813. The molecule has 2 aromatic rings. The first kappa shape index (κ1) is 14.1. The number of halogens is 3. The number of alkyl halides is 3. The van der Waals surface area contributed by atoms with Crippen molar-refractivity contribution in [2.45, 2.75) is 13.2 Å². The molecular weight excluding hydrogens is 273 g/mol. The third-order valence-electron chi connectivity index (χ3n) is 2.55. The molecule has 0 aliphatic heterocycles. The topological polar surface area (TPSA) is 44.1 Å². The molecular formula is C13H11F3N2O2. The number of ether oxygens (including phenoxy) is 1. The summed E-state index contributed by atoms with van der Waals surface area (Å²) in [6, 6.07) is 7.78. The fraction of sp³-hybridized carbons (Fsp3) is 0.231.